The van der Waals surface area contributed by atoms with Gasteiger partial charge in [-0.05, 0) is 19.3 Å². The molecule has 0 spiro atoms. The van der Waals surface area contributed by atoms with Crippen molar-refractivity contribution in [3.8, 4) is 0 Å². The summed E-state index contributed by atoms with van der Waals surface area (Å²) < 4.78 is 44.6. The molecule has 21 heavy (non-hydrogen) atoms. The quantitative estimate of drug-likeness (QED) is 0.908. The van der Waals surface area contributed by atoms with Crippen molar-refractivity contribution >= 4 is 11.8 Å². The van der Waals surface area contributed by atoms with E-state index in [1.54, 1.807) is 0 Å². The van der Waals surface area contributed by atoms with E-state index in [9.17, 15) is 13.2 Å². The molecule has 1 N–H and O–H groups in total. The maximum Gasteiger partial charge on any atom is 0.433 e. The molecule has 2 fully saturated rings. The normalized spacial score (nSPS) is 25.8. The van der Waals surface area contributed by atoms with Crippen LogP contribution in [0.25, 0.3) is 0 Å². The predicted molar refractivity (Wildman–Crippen MR) is 71.3 cm³/mol. The van der Waals surface area contributed by atoms with Crippen LogP contribution in [-0.2, 0) is 10.9 Å². The van der Waals surface area contributed by atoms with Gasteiger partial charge >= 0.3 is 6.18 Å². The number of alkyl halides is 3. The number of nitrogens with one attached hydrogen (secondary N) is 1. The van der Waals surface area contributed by atoms with Gasteiger partial charge in [0.1, 0.15) is 5.82 Å². The summed E-state index contributed by atoms with van der Waals surface area (Å²) in [4.78, 5) is 9.63. The Balaban J connectivity index is 1.97. The van der Waals surface area contributed by atoms with Crippen molar-refractivity contribution in [1.82, 2.24) is 9.97 Å². The Morgan fingerprint density at radius 3 is 2.86 bits per heavy atom. The van der Waals surface area contributed by atoms with Crippen LogP contribution in [0, 0.1) is 0 Å². The minimum Gasteiger partial charge on any atom is -0.374 e. The molecule has 2 aliphatic rings. The number of hydrogen-bond acceptors (Lipinski definition) is 5. The van der Waals surface area contributed by atoms with Crippen molar-refractivity contribution in [2.24, 2.45) is 0 Å². The fraction of sp³-hybridized carbons (Fsp3) is 0.692. The lowest BCUT2D eigenvalue weighted by Gasteiger charge is -2.38. The second kappa shape index (κ2) is 5.32. The van der Waals surface area contributed by atoms with Gasteiger partial charge in [0, 0.05) is 19.7 Å². The lowest BCUT2D eigenvalue weighted by molar-refractivity contribution is -0.141. The Morgan fingerprint density at radius 1 is 1.33 bits per heavy atom. The Labute approximate surface area is 120 Å². The average molecular weight is 302 g/mol. The van der Waals surface area contributed by atoms with Crippen LogP contribution >= 0.6 is 0 Å². The first-order valence-electron chi connectivity index (χ1n) is 7.01. The summed E-state index contributed by atoms with van der Waals surface area (Å²) in [5.41, 5.74) is -0.919. The predicted octanol–water partition coefficient (Wildman–Crippen LogP) is 2.29. The van der Waals surface area contributed by atoms with Gasteiger partial charge in [-0.1, -0.05) is 0 Å². The van der Waals surface area contributed by atoms with Crippen LogP contribution in [0.15, 0.2) is 6.07 Å². The summed E-state index contributed by atoms with van der Waals surface area (Å²) in [6.07, 6.45) is -1.48. The number of hydrogen-bond donors (Lipinski definition) is 1. The minimum atomic E-state index is -4.48. The van der Waals surface area contributed by atoms with E-state index in [1.807, 2.05) is 4.90 Å². The number of morpholine rings is 1. The third kappa shape index (κ3) is 2.76. The van der Waals surface area contributed by atoms with E-state index >= 15 is 0 Å². The van der Waals surface area contributed by atoms with Crippen LogP contribution in [0.2, 0.25) is 0 Å². The summed E-state index contributed by atoms with van der Waals surface area (Å²) in [5, 5.41) is 2.60. The first-order valence-corrected chi connectivity index (χ1v) is 7.01. The number of ether oxygens (including phenoxy) is 1. The van der Waals surface area contributed by atoms with Gasteiger partial charge < -0.3 is 15.0 Å². The second-order valence-corrected chi connectivity index (χ2v) is 5.28. The maximum absolute atomic E-state index is 13.0. The summed E-state index contributed by atoms with van der Waals surface area (Å²) in [7, 11) is 1.51. The third-order valence-electron chi connectivity index (χ3n) is 4.00. The second-order valence-electron chi connectivity index (χ2n) is 5.28. The van der Waals surface area contributed by atoms with E-state index in [1.165, 1.54) is 7.05 Å². The van der Waals surface area contributed by atoms with E-state index < -0.39 is 11.9 Å². The molecule has 1 aromatic heterocycles. The summed E-state index contributed by atoms with van der Waals surface area (Å²) >= 11 is 0. The van der Waals surface area contributed by atoms with Crippen LogP contribution in [0.3, 0.4) is 0 Å². The Hall–Kier alpha value is -1.57. The zero-order valence-electron chi connectivity index (χ0n) is 11.7. The van der Waals surface area contributed by atoms with Crippen molar-refractivity contribution in [1.29, 1.82) is 0 Å². The molecule has 0 aromatic carbocycles. The number of halogens is 3. The van der Waals surface area contributed by atoms with Crippen LogP contribution in [-0.4, -0.2) is 42.3 Å². The van der Waals surface area contributed by atoms with Crippen molar-refractivity contribution in [3.63, 3.8) is 0 Å². The standard InChI is InChI=1S/C13H17F3N4O/c1-17-12-18-10(13(14,15)16)7-11(19-12)20-5-6-21-9-4-2-3-8(9)20/h7-9H,2-6H2,1H3,(H,17,18,19). The number of fused-ring (bicyclic) bond motifs is 1. The number of anilines is 2. The van der Waals surface area contributed by atoms with Crippen LogP contribution < -0.4 is 10.2 Å². The highest BCUT2D eigenvalue weighted by atomic mass is 19.4. The van der Waals surface area contributed by atoms with E-state index in [2.05, 4.69) is 15.3 Å². The fourth-order valence-corrected chi connectivity index (χ4v) is 3.05. The Kier molecular flexibility index (Phi) is 3.64. The minimum absolute atomic E-state index is 0.0131. The van der Waals surface area contributed by atoms with Gasteiger partial charge in [-0.2, -0.15) is 18.2 Å². The molecule has 0 radical (unpaired) electrons. The summed E-state index contributed by atoms with van der Waals surface area (Å²) in [6.45, 7) is 1.07. The first kappa shape index (κ1) is 14.4. The first-order chi connectivity index (χ1) is 9.99. The Bertz CT molecular complexity index is 523. The van der Waals surface area contributed by atoms with E-state index in [0.29, 0.717) is 19.0 Å². The highest BCUT2D eigenvalue weighted by Crippen LogP contribution is 2.35. The molecule has 2 heterocycles. The molecule has 1 saturated carbocycles. The highest BCUT2D eigenvalue weighted by Gasteiger charge is 2.39. The largest absolute Gasteiger partial charge is 0.433 e. The molecule has 2 unspecified atom stereocenters. The van der Waals surface area contributed by atoms with Crippen molar-refractivity contribution < 1.29 is 17.9 Å². The average Bonchev–Trinajstić information content (AvgIpc) is 2.94. The van der Waals surface area contributed by atoms with Gasteiger partial charge in [-0.15, -0.1) is 0 Å². The smallest absolute Gasteiger partial charge is 0.374 e. The highest BCUT2D eigenvalue weighted by molar-refractivity contribution is 5.47. The monoisotopic (exact) mass is 302 g/mol. The molecule has 116 valence electrons. The Morgan fingerprint density at radius 2 is 2.14 bits per heavy atom. The molecule has 0 amide bonds. The van der Waals surface area contributed by atoms with Crippen molar-refractivity contribution in [2.45, 2.75) is 37.6 Å². The van der Waals surface area contributed by atoms with Gasteiger partial charge in [0.15, 0.2) is 5.69 Å². The molecule has 1 aliphatic carbocycles. The lowest BCUT2D eigenvalue weighted by atomic mass is 10.1. The summed E-state index contributed by atoms with van der Waals surface area (Å²) in [5.74, 6) is 0.308. The molecule has 1 aromatic rings. The maximum atomic E-state index is 13.0. The number of aromatic nitrogens is 2. The molecule has 3 rings (SSSR count). The molecular formula is C13H17F3N4O. The lowest BCUT2D eigenvalue weighted by Crippen LogP contribution is -2.49. The van der Waals surface area contributed by atoms with E-state index in [-0.39, 0.29) is 18.1 Å². The molecule has 1 saturated heterocycles. The van der Waals surface area contributed by atoms with Crippen LogP contribution in [0.5, 0.6) is 0 Å². The van der Waals surface area contributed by atoms with Gasteiger partial charge in [0.2, 0.25) is 5.95 Å². The van der Waals surface area contributed by atoms with Crippen molar-refractivity contribution in [3.05, 3.63) is 11.8 Å². The molecule has 8 heteroatoms. The summed E-state index contributed by atoms with van der Waals surface area (Å²) in [6, 6.07) is 1.14. The number of nitrogens with zero attached hydrogens (tertiary/aromatic N) is 3. The van der Waals surface area contributed by atoms with Gasteiger partial charge in [0.05, 0.1) is 18.8 Å². The van der Waals surface area contributed by atoms with Gasteiger partial charge in [0.25, 0.3) is 0 Å². The van der Waals surface area contributed by atoms with E-state index in [0.717, 1.165) is 25.3 Å². The topological polar surface area (TPSA) is 50.3 Å². The van der Waals surface area contributed by atoms with Crippen LogP contribution in [0.4, 0.5) is 24.9 Å². The SMILES string of the molecule is CNc1nc(N2CCOC3CCCC32)cc(C(F)(F)F)n1. The molecule has 0 bridgehead atoms. The molecule has 5 nitrogen and oxygen atoms in total. The van der Waals surface area contributed by atoms with Crippen LogP contribution in [0.1, 0.15) is 25.0 Å². The van der Waals surface area contributed by atoms with Gasteiger partial charge in [-0.25, -0.2) is 4.98 Å². The number of rotatable bonds is 2. The molecule has 2 atom stereocenters. The third-order valence-corrected chi connectivity index (χ3v) is 4.00. The molecule has 1 aliphatic heterocycles. The zero-order chi connectivity index (χ0) is 15.0. The van der Waals surface area contributed by atoms with E-state index in [4.69, 9.17) is 4.74 Å². The zero-order valence-corrected chi connectivity index (χ0v) is 11.7. The van der Waals surface area contributed by atoms with Gasteiger partial charge in [-0.3, -0.25) is 0 Å². The fourth-order valence-electron chi connectivity index (χ4n) is 3.05. The van der Waals surface area contributed by atoms with Crippen molar-refractivity contribution in [2.75, 3.05) is 30.4 Å². The molecular weight excluding hydrogens is 285 g/mol.